The normalized spacial score (nSPS) is 27.8. The van der Waals surface area contributed by atoms with Gasteiger partial charge in [0.25, 0.3) is 5.56 Å². The highest BCUT2D eigenvalue weighted by Gasteiger charge is 2.31. The van der Waals surface area contributed by atoms with Crippen LogP contribution in [0, 0.1) is 5.92 Å². The zero-order valence-corrected chi connectivity index (χ0v) is 10.7. The summed E-state index contributed by atoms with van der Waals surface area (Å²) in [4.78, 5) is 21.4. The van der Waals surface area contributed by atoms with E-state index in [1.807, 2.05) is 0 Å². The summed E-state index contributed by atoms with van der Waals surface area (Å²) in [5.74, 6) is 2.68. The standard InChI is InChI=1S/C13H20N4O/c1-8-4-9(6-14)7-17(8)11-5-12(18)16-13(15-11)10-2-3-10/h5,8-10H,2-4,6-7,14H2,1H3,(H,15,16,18). The van der Waals surface area contributed by atoms with E-state index in [1.165, 1.54) is 0 Å². The Morgan fingerprint density at radius 1 is 1.56 bits per heavy atom. The van der Waals surface area contributed by atoms with Crippen molar-refractivity contribution in [2.24, 2.45) is 11.7 Å². The molecular formula is C13H20N4O. The van der Waals surface area contributed by atoms with Gasteiger partial charge in [0, 0.05) is 24.6 Å². The summed E-state index contributed by atoms with van der Waals surface area (Å²) in [6.07, 6.45) is 3.38. The van der Waals surface area contributed by atoms with Crippen LogP contribution in [0.25, 0.3) is 0 Å². The summed E-state index contributed by atoms with van der Waals surface area (Å²) in [7, 11) is 0. The topological polar surface area (TPSA) is 75.0 Å². The fourth-order valence-electron chi connectivity index (χ4n) is 2.79. The average molecular weight is 248 g/mol. The van der Waals surface area contributed by atoms with Gasteiger partial charge in [-0.3, -0.25) is 4.79 Å². The third-order valence-corrected chi connectivity index (χ3v) is 4.00. The molecule has 2 unspecified atom stereocenters. The minimum Gasteiger partial charge on any atom is -0.353 e. The molecule has 1 saturated carbocycles. The van der Waals surface area contributed by atoms with E-state index >= 15 is 0 Å². The molecule has 3 N–H and O–H groups in total. The molecule has 1 saturated heterocycles. The van der Waals surface area contributed by atoms with Gasteiger partial charge in [-0.1, -0.05) is 0 Å². The van der Waals surface area contributed by atoms with E-state index in [9.17, 15) is 4.79 Å². The van der Waals surface area contributed by atoms with Gasteiger partial charge < -0.3 is 15.6 Å². The van der Waals surface area contributed by atoms with Crippen molar-refractivity contribution in [1.29, 1.82) is 0 Å². The van der Waals surface area contributed by atoms with Crippen LogP contribution >= 0.6 is 0 Å². The molecule has 2 atom stereocenters. The highest BCUT2D eigenvalue weighted by atomic mass is 16.1. The first kappa shape index (κ1) is 11.7. The Bertz CT molecular complexity index is 494. The van der Waals surface area contributed by atoms with Crippen LogP contribution in [-0.2, 0) is 0 Å². The van der Waals surface area contributed by atoms with Crippen molar-refractivity contribution in [2.75, 3.05) is 18.0 Å². The number of hydrogen-bond acceptors (Lipinski definition) is 4. The lowest BCUT2D eigenvalue weighted by Crippen LogP contribution is -2.30. The van der Waals surface area contributed by atoms with Crippen LogP contribution in [0.4, 0.5) is 5.82 Å². The highest BCUT2D eigenvalue weighted by Crippen LogP contribution is 2.38. The number of aromatic nitrogens is 2. The molecule has 1 aliphatic carbocycles. The minimum absolute atomic E-state index is 0.0368. The van der Waals surface area contributed by atoms with E-state index < -0.39 is 0 Å². The van der Waals surface area contributed by atoms with Crippen LogP contribution < -0.4 is 16.2 Å². The third kappa shape index (κ3) is 2.14. The molecular weight excluding hydrogens is 228 g/mol. The second-order valence-electron chi connectivity index (χ2n) is 5.60. The summed E-state index contributed by atoms with van der Waals surface area (Å²) < 4.78 is 0. The molecule has 2 fully saturated rings. The van der Waals surface area contributed by atoms with Gasteiger partial charge in [-0.05, 0) is 38.6 Å². The molecule has 1 aliphatic heterocycles. The Morgan fingerprint density at radius 2 is 2.33 bits per heavy atom. The summed E-state index contributed by atoms with van der Waals surface area (Å²) in [5, 5.41) is 0. The molecule has 0 bridgehead atoms. The van der Waals surface area contributed by atoms with Gasteiger partial charge in [0.2, 0.25) is 0 Å². The summed E-state index contributed by atoms with van der Waals surface area (Å²) in [5.41, 5.74) is 5.70. The van der Waals surface area contributed by atoms with Crippen LogP contribution in [0.15, 0.2) is 10.9 Å². The molecule has 0 aromatic carbocycles. The van der Waals surface area contributed by atoms with Gasteiger partial charge >= 0.3 is 0 Å². The predicted octanol–water partition coefficient (Wildman–Crippen LogP) is 0.821. The average Bonchev–Trinajstić information content (AvgIpc) is 3.12. The number of rotatable bonds is 3. The van der Waals surface area contributed by atoms with Gasteiger partial charge in [-0.2, -0.15) is 0 Å². The Balaban J connectivity index is 1.89. The van der Waals surface area contributed by atoms with Gasteiger partial charge in [0.15, 0.2) is 0 Å². The molecule has 98 valence electrons. The van der Waals surface area contributed by atoms with Crippen LogP contribution in [0.3, 0.4) is 0 Å². The second-order valence-corrected chi connectivity index (χ2v) is 5.60. The maximum Gasteiger partial charge on any atom is 0.252 e. The molecule has 0 radical (unpaired) electrons. The lowest BCUT2D eigenvalue weighted by atomic mass is 10.1. The van der Waals surface area contributed by atoms with Crippen LogP contribution in [0.1, 0.15) is 37.9 Å². The van der Waals surface area contributed by atoms with E-state index in [-0.39, 0.29) is 5.56 Å². The Hall–Kier alpha value is -1.36. The van der Waals surface area contributed by atoms with Gasteiger partial charge in [-0.15, -0.1) is 0 Å². The van der Waals surface area contributed by atoms with Crippen molar-refractivity contribution in [1.82, 2.24) is 9.97 Å². The van der Waals surface area contributed by atoms with E-state index in [0.29, 0.717) is 24.4 Å². The zero-order chi connectivity index (χ0) is 12.7. The fraction of sp³-hybridized carbons (Fsp3) is 0.692. The number of hydrogen-bond donors (Lipinski definition) is 2. The molecule has 5 nitrogen and oxygen atoms in total. The van der Waals surface area contributed by atoms with Crippen molar-refractivity contribution in [2.45, 2.75) is 38.1 Å². The molecule has 18 heavy (non-hydrogen) atoms. The number of anilines is 1. The number of H-pyrrole nitrogens is 1. The van der Waals surface area contributed by atoms with Gasteiger partial charge in [0.05, 0.1) is 0 Å². The quantitative estimate of drug-likeness (QED) is 0.830. The fourth-order valence-corrected chi connectivity index (χ4v) is 2.79. The van der Waals surface area contributed by atoms with Crippen LogP contribution in [0.5, 0.6) is 0 Å². The molecule has 0 amide bonds. The molecule has 3 rings (SSSR count). The minimum atomic E-state index is -0.0368. The SMILES string of the molecule is CC1CC(CN)CN1c1cc(=O)[nH]c(C2CC2)n1. The van der Waals surface area contributed by atoms with Crippen LogP contribution in [0.2, 0.25) is 0 Å². The summed E-state index contributed by atoms with van der Waals surface area (Å²) >= 11 is 0. The number of aromatic amines is 1. The van der Waals surface area contributed by atoms with E-state index in [1.54, 1.807) is 6.07 Å². The Labute approximate surface area is 106 Å². The van der Waals surface area contributed by atoms with E-state index in [4.69, 9.17) is 5.73 Å². The summed E-state index contributed by atoms with van der Waals surface area (Å²) in [6.45, 7) is 3.80. The van der Waals surface area contributed by atoms with Crippen LogP contribution in [-0.4, -0.2) is 29.1 Å². The third-order valence-electron chi connectivity index (χ3n) is 4.00. The molecule has 2 heterocycles. The first-order valence-electron chi connectivity index (χ1n) is 6.75. The smallest absolute Gasteiger partial charge is 0.252 e. The summed E-state index contributed by atoms with van der Waals surface area (Å²) in [6, 6.07) is 2.03. The monoisotopic (exact) mass is 248 g/mol. The number of nitrogens with zero attached hydrogens (tertiary/aromatic N) is 2. The van der Waals surface area contributed by atoms with Crippen molar-refractivity contribution in [3.8, 4) is 0 Å². The lowest BCUT2D eigenvalue weighted by Gasteiger charge is -2.22. The lowest BCUT2D eigenvalue weighted by molar-refractivity contribution is 0.579. The molecule has 1 aromatic heterocycles. The Morgan fingerprint density at radius 3 is 2.94 bits per heavy atom. The number of nitrogens with two attached hydrogens (primary N) is 1. The highest BCUT2D eigenvalue weighted by molar-refractivity contribution is 5.41. The maximum absolute atomic E-state index is 11.7. The van der Waals surface area contributed by atoms with Crippen molar-refractivity contribution in [3.63, 3.8) is 0 Å². The van der Waals surface area contributed by atoms with Crippen molar-refractivity contribution >= 4 is 5.82 Å². The Kier molecular flexibility index (Phi) is 2.86. The van der Waals surface area contributed by atoms with E-state index in [0.717, 1.165) is 37.4 Å². The second kappa shape index (κ2) is 4.39. The number of nitrogens with one attached hydrogen (secondary N) is 1. The van der Waals surface area contributed by atoms with Crippen molar-refractivity contribution < 1.29 is 0 Å². The molecule has 1 aromatic rings. The van der Waals surface area contributed by atoms with Gasteiger partial charge in [0.1, 0.15) is 11.6 Å². The maximum atomic E-state index is 11.7. The van der Waals surface area contributed by atoms with Gasteiger partial charge in [-0.25, -0.2) is 4.98 Å². The molecule has 5 heteroatoms. The first-order chi connectivity index (χ1) is 8.67. The molecule has 0 spiro atoms. The largest absolute Gasteiger partial charge is 0.353 e. The van der Waals surface area contributed by atoms with E-state index in [2.05, 4.69) is 21.8 Å². The first-order valence-corrected chi connectivity index (χ1v) is 6.75. The zero-order valence-electron chi connectivity index (χ0n) is 10.7. The predicted molar refractivity (Wildman–Crippen MR) is 70.8 cm³/mol. The molecule has 2 aliphatic rings. The van der Waals surface area contributed by atoms with Crippen molar-refractivity contribution in [3.05, 3.63) is 22.2 Å².